The third-order valence-corrected chi connectivity index (χ3v) is 6.15. The number of hydrogen-bond donors (Lipinski definition) is 1. The SMILES string of the molecule is CC(C)(CNC(=O)c1cccnc1Sc1ccc(Br)cc1)N1CCOCC1. The maximum Gasteiger partial charge on any atom is 0.254 e. The Kier molecular flexibility index (Phi) is 6.92. The summed E-state index contributed by atoms with van der Waals surface area (Å²) in [6.07, 6.45) is 1.72. The number of halogens is 1. The minimum atomic E-state index is -0.124. The molecule has 1 fully saturated rings. The molecule has 2 heterocycles. The Bertz CT molecular complexity index is 777. The highest BCUT2D eigenvalue weighted by atomic mass is 79.9. The lowest BCUT2D eigenvalue weighted by molar-refractivity contribution is -0.00924. The van der Waals surface area contributed by atoms with Crippen molar-refractivity contribution in [2.75, 3.05) is 32.8 Å². The van der Waals surface area contributed by atoms with Gasteiger partial charge < -0.3 is 10.1 Å². The number of pyridine rings is 1. The number of rotatable bonds is 6. The molecule has 0 spiro atoms. The van der Waals surface area contributed by atoms with E-state index in [2.05, 4.69) is 45.0 Å². The molecule has 5 nitrogen and oxygen atoms in total. The summed E-state index contributed by atoms with van der Waals surface area (Å²) in [5.41, 5.74) is 0.476. The molecule has 1 aromatic carbocycles. The van der Waals surface area contributed by atoms with Gasteiger partial charge in [0.1, 0.15) is 5.03 Å². The standard InChI is InChI=1S/C20H24BrN3O2S/c1-20(2,24-10-12-26-13-11-24)14-23-18(25)17-4-3-9-22-19(17)27-16-7-5-15(21)6-8-16/h3-9H,10-14H2,1-2H3,(H,23,25). The summed E-state index contributed by atoms with van der Waals surface area (Å²) in [6, 6.07) is 11.6. The van der Waals surface area contributed by atoms with Crippen LogP contribution in [0.4, 0.5) is 0 Å². The van der Waals surface area contributed by atoms with E-state index in [-0.39, 0.29) is 11.4 Å². The van der Waals surface area contributed by atoms with Crippen molar-refractivity contribution in [3.63, 3.8) is 0 Å². The molecule has 144 valence electrons. The molecule has 1 aliphatic heterocycles. The van der Waals surface area contributed by atoms with Crippen LogP contribution >= 0.6 is 27.7 Å². The van der Waals surface area contributed by atoms with Crippen molar-refractivity contribution in [1.82, 2.24) is 15.2 Å². The topological polar surface area (TPSA) is 54.5 Å². The van der Waals surface area contributed by atoms with Gasteiger partial charge in [-0.3, -0.25) is 9.69 Å². The molecule has 0 saturated carbocycles. The molecule has 0 radical (unpaired) electrons. The van der Waals surface area contributed by atoms with Crippen LogP contribution in [0.15, 0.2) is 57.0 Å². The maximum absolute atomic E-state index is 12.8. The Labute approximate surface area is 173 Å². The van der Waals surface area contributed by atoms with Crippen molar-refractivity contribution in [3.8, 4) is 0 Å². The summed E-state index contributed by atoms with van der Waals surface area (Å²) < 4.78 is 6.45. The number of hydrogen-bond acceptors (Lipinski definition) is 5. The van der Waals surface area contributed by atoms with Crippen LogP contribution in [-0.2, 0) is 4.74 Å². The average Bonchev–Trinajstić information content (AvgIpc) is 2.69. The molecule has 0 bridgehead atoms. The fourth-order valence-corrected chi connectivity index (χ4v) is 4.08. The molecule has 0 unspecified atom stereocenters. The van der Waals surface area contributed by atoms with Gasteiger partial charge in [0.2, 0.25) is 0 Å². The molecule has 27 heavy (non-hydrogen) atoms. The highest BCUT2D eigenvalue weighted by Crippen LogP contribution is 2.29. The lowest BCUT2D eigenvalue weighted by Gasteiger charge is -2.40. The number of ether oxygens (including phenoxy) is 1. The number of amides is 1. The van der Waals surface area contributed by atoms with Crippen molar-refractivity contribution in [2.45, 2.75) is 29.3 Å². The number of nitrogens with one attached hydrogen (secondary N) is 1. The minimum absolute atomic E-state index is 0.0935. The van der Waals surface area contributed by atoms with Crippen LogP contribution in [0, 0.1) is 0 Å². The summed E-state index contributed by atoms with van der Waals surface area (Å²) in [6.45, 7) is 8.14. The molecule has 1 N–H and O–H groups in total. The first-order valence-electron chi connectivity index (χ1n) is 8.95. The van der Waals surface area contributed by atoms with Gasteiger partial charge in [-0.25, -0.2) is 4.98 Å². The van der Waals surface area contributed by atoms with Gasteiger partial charge in [0.25, 0.3) is 5.91 Å². The Morgan fingerprint density at radius 2 is 1.96 bits per heavy atom. The molecule has 0 atom stereocenters. The van der Waals surface area contributed by atoms with Crippen molar-refractivity contribution in [2.24, 2.45) is 0 Å². The summed E-state index contributed by atoms with van der Waals surface area (Å²) in [7, 11) is 0. The van der Waals surface area contributed by atoms with E-state index in [0.717, 1.165) is 35.7 Å². The molecular formula is C20H24BrN3O2S. The van der Waals surface area contributed by atoms with Gasteiger partial charge in [-0.05, 0) is 50.2 Å². The van der Waals surface area contributed by atoms with Crippen LogP contribution in [0.5, 0.6) is 0 Å². The molecule has 7 heteroatoms. The number of carbonyl (C=O) groups excluding carboxylic acids is 1. The predicted octanol–water partition coefficient (Wildman–Crippen LogP) is 3.84. The minimum Gasteiger partial charge on any atom is -0.379 e. The van der Waals surface area contributed by atoms with E-state index in [4.69, 9.17) is 4.74 Å². The third kappa shape index (κ3) is 5.54. The Morgan fingerprint density at radius 1 is 1.26 bits per heavy atom. The van der Waals surface area contributed by atoms with Crippen LogP contribution in [0.1, 0.15) is 24.2 Å². The molecule has 0 aliphatic carbocycles. The summed E-state index contributed by atoms with van der Waals surface area (Å²) in [5.74, 6) is -0.0935. The predicted molar refractivity (Wildman–Crippen MR) is 111 cm³/mol. The number of nitrogens with zero attached hydrogens (tertiary/aromatic N) is 2. The zero-order valence-corrected chi connectivity index (χ0v) is 18.0. The van der Waals surface area contributed by atoms with Crippen LogP contribution in [-0.4, -0.2) is 54.2 Å². The Morgan fingerprint density at radius 3 is 2.67 bits per heavy atom. The van der Waals surface area contributed by atoms with Crippen LogP contribution in [0.25, 0.3) is 0 Å². The smallest absolute Gasteiger partial charge is 0.254 e. The first kappa shape index (κ1) is 20.3. The van der Waals surface area contributed by atoms with Crippen molar-refractivity contribution in [1.29, 1.82) is 0 Å². The zero-order valence-electron chi connectivity index (χ0n) is 15.6. The first-order valence-corrected chi connectivity index (χ1v) is 10.6. The average molecular weight is 450 g/mol. The van der Waals surface area contributed by atoms with Crippen molar-refractivity contribution in [3.05, 3.63) is 52.6 Å². The first-order chi connectivity index (χ1) is 13.0. The number of morpholine rings is 1. The van der Waals surface area contributed by atoms with Crippen LogP contribution in [0.3, 0.4) is 0 Å². The van der Waals surface area contributed by atoms with Gasteiger partial charge in [-0.15, -0.1) is 0 Å². The van der Waals surface area contributed by atoms with E-state index in [1.165, 1.54) is 11.8 Å². The number of aromatic nitrogens is 1. The second-order valence-electron chi connectivity index (χ2n) is 7.01. The van der Waals surface area contributed by atoms with Gasteiger partial charge >= 0.3 is 0 Å². The van der Waals surface area contributed by atoms with Gasteiger partial charge in [0.15, 0.2) is 0 Å². The lowest BCUT2D eigenvalue weighted by Crippen LogP contribution is -2.55. The van der Waals surface area contributed by atoms with Crippen molar-refractivity contribution < 1.29 is 9.53 Å². The molecule has 1 aliphatic rings. The highest BCUT2D eigenvalue weighted by Gasteiger charge is 2.29. The summed E-state index contributed by atoms with van der Waals surface area (Å²) >= 11 is 4.93. The fourth-order valence-electron chi connectivity index (χ4n) is 2.93. The van der Waals surface area contributed by atoms with E-state index >= 15 is 0 Å². The van der Waals surface area contributed by atoms with Gasteiger partial charge in [0, 0.05) is 40.7 Å². The largest absolute Gasteiger partial charge is 0.379 e. The van der Waals surface area contributed by atoms with E-state index in [0.29, 0.717) is 17.1 Å². The normalized spacial score (nSPS) is 15.5. The van der Waals surface area contributed by atoms with Gasteiger partial charge in [0.05, 0.1) is 18.8 Å². The Hall–Kier alpha value is -1.41. The molecule has 1 saturated heterocycles. The molecule has 2 aromatic rings. The van der Waals surface area contributed by atoms with Crippen LogP contribution in [0.2, 0.25) is 0 Å². The van der Waals surface area contributed by atoms with E-state index in [1.807, 2.05) is 30.3 Å². The molecular weight excluding hydrogens is 426 g/mol. The molecule has 3 rings (SSSR count). The van der Waals surface area contributed by atoms with Crippen LogP contribution < -0.4 is 5.32 Å². The van der Waals surface area contributed by atoms with Crippen molar-refractivity contribution >= 4 is 33.6 Å². The monoisotopic (exact) mass is 449 g/mol. The van der Waals surface area contributed by atoms with E-state index in [9.17, 15) is 4.79 Å². The Balaban J connectivity index is 1.66. The summed E-state index contributed by atoms with van der Waals surface area (Å²) in [5, 5.41) is 3.80. The maximum atomic E-state index is 12.8. The van der Waals surface area contributed by atoms with Gasteiger partial charge in [-0.2, -0.15) is 0 Å². The summed E-state index contributed by atoms with van der Waals surface area (Å²) in [4.78, 5) is 20.6. The third-order valence-electron chi connectivity index (χ3n) is 4.59. The number of carbonyl (C=O) groups is 1. The van der Waals surface area contributed by atoms with E-state index < -0.39 is 0 Å². The molecule has 1 aromatic heterocycles. The zero-order chi connectivity index (χ0) is 19.3. The van der Waals surface area contributed by atoms with Gasteiger partial charge in [-0.1, -0.05) is 27.7 Å². The lowest BCUT2D eigenvalue weighted by atomic mass is 10.0. The second-order valence-corrected chi connectivity index (χ2v) is 8.98. The molecule has 1 amide bonds. The highest BCUT2D eigenvalue weighted by molar-refractivity contribution is 9.10. The fraction of sp³-hybridized carbons (Fsp3) is 0.400. The van der Waals surface area contributed by atoms with E-state index in [1.54, 1.807) is 12.3 Å². The quantitative estimate of drug-likeness (QED) is 0.725. The number of benzene rings is 1. The second kappa shape index (κ2) is 9.19.